The van der Waals surface area contributed by atoms with Crippen LogP contribution in [0.3, 0.4) is 0 Å². The fraction of sp³-hybridized carbons (Fsp3) is 0.455. The number of hydrogen-bond acceptors (Lipinski definition) is 6. The number of benzene rings is 1. The minimum absolute atomic E-state index is 0.0537. The fourth-order valence-corrected chi connectivity index (χ4v) is 3.79. The van der Waals surface area contributed by atoms with E-state index in [0.29, 0.717) is 23.1 Å². The number of rotatable bonds is 8. The Bertz CT molecular complexity index is 1150. The van der Waals surface area contributed by atoms with Crippen molar-refractivity contribution in [1.82, 2.24) is 0 Å². The molecule has 1 aliphatic rings. The summed E-state index contributed by atoms with van der Waals surface area (Å²) in [5, 5.41) is 8.84. The summed E-state index contributed by atoms with van der Waals surface area (Å²) in [7, 11) is -6.08. The SMILES string of the molecule is CCC#CCc1c(C)c2c(c(OS(=O)(=O)C(F)(F)F)c1CC=C(C)CCC(=O)O)C(=O)OC2. The first-order chi connectivity index (χ1) is 15.3. The molecule has 0 aromatic heterocycles. The number of esters is 1. The number of aliphatic carboxylic acids is 1. The van der Waals surface area contributed by atoms with Crippen LogP contribution in [0.5, 0.6) is 5.75 Å². The monoisotopic (exact) mass is 488 g/mol. The van der Waals surface area contributed by atoms with Gasteiger partial charge in [-0.1, -0.05) is 24.5 Å². The number of ether oxygens (including phenoxy) is 1. The lowest BCUT2D eigenvalue weighted by Gasteiger charge is -2.20. The van der Waals surface area contributed by atoms with Crippen molar-refractivity contribution >= 4 is 22.1 Å². The lowest BCUT2D eigenvalue weighted by molar-refractivity contribution is -0.136. The van der Waals surface area contributed by atoms with Crippen molar-refractivity contribution < 1.29 is 45.2 Å². The number of alkyl halides is 3. The number of carbonyl (C=O) groups excluding carboxylic acids is 1. The Kier molecular flexibility index (Phi) is 8.19. The predicted molar refractivity (Wildman–Crippen MR) is 112 cm³/mol. The number of cyclic esters (lactones) is 1. The van der Waals surface area contributed by atoms with Gasteiger partial charge in [0.25, 0.3) is 0 Å². The quantitative estimate of drug-likeness (QED) is 0.192. The largest absolute Gasteiger partial charge is 0.534 e. The van der Waals surface area contributed by atoms with Crippen LogP contribution in [-0.2, 0) is 39.1 Å². The molecule has 1 aromatic carbocycles. The average Bonchev–Trinajstić information content (AvgIpc) is 3.09. The molecule has 0 amide bonds. The number of halogens is 3. The first-order valence-corrected chi connectivity index (χ1v) is 11.4. The van der Waals surface area contributed by atoms with Crippen molar-refractivity contribution in [3.63, 3.8) is 0 Å². The average molecular weight is 488 g/mol. The number of carboxylic acids is 1. The number of allylic oxidation sites excluding steroid dienone is 2. The van der Waals surface area contributed by atoms with E-state index in [0.717, 1.165) is 0 Å². The Morgan fingerprint density at radius 3 is 2.48 bits per heavy atom. The van der Waals surface area contributed by atoms with Crippen LogP contribution < -0.4 is 4.18 Å². The maximum absolute atomic E-state index is 13.1. The Labute approximate surface area is 189 Å². The zero-order chi connectivity index (χ0) is 25.0. The molecule has 7 nitrogen and oxygen atoms in total. The van der Waals surface area contributed by atoms with E-state index in [1.807, 2.05) is 6.92 Å². The van der Waals surface area contributed by atoms with E-state index in [1.54, 1.807) is 19.9 Å². The summed E-state index contributed by atoms with van der Waals surface area (Å²) in [5.74, 6) is 3.00. The zero-order valence-corrected chi connectivity index (χ0v) is 19.1. The molecule has 11 heteroatoms. The molecule has 2 rings (SSSR count). The molecule has 1 N–H and O–H groups in total. The second-order valence-corrected chi connectivity index (χ2v) is 8.89. The number of carboxylic acid groups (broad SMARTS) is 1. The molecule has 0 fully saturated rings. The molecule has 0 unspecified atom stereocenters. The predicted octanol–water partition coefficient (Wildman–Crippen LogP) is 4.20. The van der Waals surface area contributed by atoms with Crippen molar-refractivity contribution in [2.45, 2.75) is 65.0 Å². The van der Waals surface area contributed by atoms with E-state index in [1.165, 1.54) is 0 Å². The van der Waals surface area contributed by atoms with Gasteiger partial charge < -0.3 is 14.0 Å². The summed E-state index contributed by atoms with van der Waals surface area (Å²) in [6.07, 6.45) is 2.11. The smallest absolute Gasteiger partial charge is 0.481 e. The third-order valence-corrected chi connectivity index (χ3v) is 6.01. The Morgan fingerprint density at radius 2 is 1.91 bits per heavy atom. The third kappa shape index (κ3) is 6.07. The summed E-state index contributed by atoms with van der Waals surface area (Å²) >= 11 is 0. The van der Waals surface area contributed by atoms with Crippen LogP contribution in [0.2, 0.25) is 0 Å². The van der Waals surface area contributed by atoms with Crippen LogP contribution in [-0.4, -0.2) is 31.0 Å². The van der Waals surface area contributed by atoms with Crippen molar-refractivity contribution in [3.8, 4) is 17.6 Å². The molecule has 0 aliphatic carbocycles. The second kappa shape index (κ2) is 10.3. The van der Waals surface area contributed by atoms with Gasteiger partial charge in [0.15, 0.2) is 5.75 Å². The summed E-state index contributed by atoms with van der Waals surface area (Å²) < 4.78 is 72.5. The van der Waals surface area contributed by atoms with E-state index in [9.17, 15) is 31.2 Å². The van der Waals surface area contributed by atoms with Gasteiger partial charge >= 0.3 is 27.6 Å². The first-order valence-electron chi connectivity index (χ1n) is 9.98. The minimum Gasteiger partial charge on any atom is -0.481 e. The van der Waals surface area contributed by atoms with Gasteiger partial charge in [0, 0.05) is 30.4 Å². The maximum Gasteiger partial charge on any atom is 0.534 e. The molecule has 0 radical (unpaired) electrons. The van der Waals surface area contributed by atoms with Gasteiger partial charge in [-0.25, -0.2) is 4.79 Å². The van der Waals surface area contributed by atoms with Crippen LogP contribution in [0.25, 0.3) is 0 Å². The Morgan fingerprint density at radius 1 is 1.24 bits per heavy atom. The second-order valence-electron chi connectivity index (χ2n) is 7.36. The summed E-state index contributed by atoms with van der Waals surface area (Å²) in [5.41, 5.74) is -4.17. The minimum atomic E-state index is -6.08. The van der Waals surface area contributed by atoms with Crippen LogP contribution in [0.1, 0.15) is 65.7 Å². The van der Waals surface area contributed by atoms with Crippen LogP contribution in [0, 0.1) is 18.8 Å². The van der Waals surface area contributed by atoms with E-state index in [4.69, 9.17) is 9.84 Å². The van der Waals surface area contributed by atoms with Crippen molar-refractivity contribution in [1.29, 1.82) is 0 Å². The molecular formula is C22H23F3O7S. The van der Waals surface area contributed by atoms with Crippen LogP contribution in [0.4, 0.5) is 13.2 Å². The molecule has 0 saturated carbocycles. The van der Waals surface area contributed by atoms with Gasteiger partial charge in [0.1, 0.15) is 12.2 Å². The third-order valence-electron chi connectivity index (χ3n) is 5.06. The highest BCUT2D eigenvalue weighted by molar-refractivity contribution is 7.88. The zero-order valence-electron chi connectivity index (χ0n) is 18.3. The van der Waals surface area contributed by atoms with E-state index in [2.05, 4.69) is 16.0 Å². The summed E-state index contributed by atoms with van der Waals surface area (Å²) in [4.78, 5) is 23.1. The lowest BCUT2D eigenvalue weighted by Crippen LogP contribution is -2.29. The van der Waals surface area contributed by atoms with Gasteiger partial charge in [0.2, 0.25) is 0 Å². The maximum atomic E-state index is 13.1. The topological polar surface area (TPSA) is 107 Å². The molecule has 1 aromatic rings. The molecule has 1 heterocycles. The molecular weight excluding hydrogens is 465 g/mol. The summed E-state index contributed by atoms with van der Waals surface area (Å²) in [6.45, 7) is 4.87. The van der Waals surface area contributed by atoms with Gasteiger partial charge in [0.05, 0.1) is 0 Å². The van der Waals surface area contributed by atoms with E-state index in [-0.39, 0.29) is 49.0 Å². The lowest BCUT2D eigenvalue weighted by atomic mass is 9.88. The Balaban J connectivity index is 2.74. The van der Waals surface area contributed by atoms with Gasteiger partial charge in [-0.05, 0) is 37.8 Å². The molecule has 1 aliphatic heterocycles. The highest BCUT2D eigenvalue weighted by atomic mass is 32.2. The normalized spacial score (nSPS) is 13.8. The van der Waals surface area contributed by atoms with Gasteiger partial charge in [-0.2, -0.15) is 21.6 Å². The highest BCUT2D eigenvalue weighted by Gasteiger charge is 2.50. The molecule has 0 atom stereocenters. The molecule has 33 heavy (non-hydrogen) atoms. The summed E-state index contributed by atoms with van der Waals surface area (Å²) in [6, 6.07) is 0. The van der Waals surface area contributed by atoms with Crippen LogP contribution in [0.15, 0.2) is 11.6 Å². The molecule has 0 spiro atoms. The van der Waals surface area contributed by atoms with Gasteiger partial charge in [-0.15, -0.1) is 5.92 Å². The van der Waals surface area contributed by atoms with Gasteiger partial charge in [-0.3, -0.25) is 4.79 Å². The first kappa shape index (κ1) is 26.3. The number of hydrogen-bond donors (Lipinski definition) is 1. The number of carbonyl (C=O) groups is 2. The molecule has 0 saturated heterocycles. The number of fused-ring (bicyclic) bond motifs is 1. The Hall–Kier alpha value is -3.00. The highest BCUT2D eigenvalue weighted by Crippen LogP contribution is 2.41. The van der Waals surface area contributed by atoms with Crippen molar-refractivity contribution in [3.05, 3.63) is 39.5 Å². The van der Waals surface area contributed by atoms with Crippen LogP contribution >= 0.6 is 0 Å². The van der Waals surface area contributed by atoms with Crippen molar-refractivity contribution in [2.75, 3.05) is 0 Å². The molecule has 0 bridgehead atoms. The van der Waals surface area contributed by atoms with Crippen molar-refractivity contribution in [2.24, 2.45) is 0 Å². The molecule has 180 valence electrons. The standard InChI is InChI=1S/C22H23F3O7S/c1-4-5-6-7-15-14(3)17-12-31-21(28)19(17)20(32-33(29,30)22(23,24)25)16(15)10-8-13(2)9-11-18(26)27/h8H,4,7,9-12H2,1-3H3,(H,26,27). The van der Waals surface area contributed by atoms with E-state index >= 15 is 0 Å². The fourth-order valence-electron chi connectivity index (χ4n) is 3.29. The van der Waals surface area contributed by atoms with E-state index < -0.39 is 33.3 Å².